The molecule has 0 saturated heterocycles. The molecule has 0 bridgehead atoms. The van der Waals surface area contributed by atoms with Crippen LogP contribution in [0.15, 0.2) is 23.2 Å². The topological polar surface area (TPSA) is 84.0 Å². The van der Waals surface area contributed by atoms with Crippen LogP contribution in [0.4, 0.5) is 0 Å². The van der Waals surface area contributed by atoms with E-state index in [4.69, 9.17) is 9.47 Å². The van der Waals surface area contributed by atoms with Crippen molar-refractivity contribution in [1.82, 2.24) is 16.0 Å². The van der Waals surface area contributed by atoms with Crippen LogP contribution in [0.3, 0.4) is 0 Å². The molecule has 2 rings (SSSR count). The molecule has 1 fully saturated rings. The zero-order valence-electron chi connectivity index (χ0n) is 18.1. The third-order valence-electron chi connectivity index (χ3n) is 5.08. The molecule has 1 aliphatic rings. The van der Waals surface area contributed by atoms with E-state index < -0.39 is 5.41 Å². The number of amides is 1. The number of hydrogen-bond acceptors (Lipinski definition) is 4. The van der Waals surface area contributed by atoms with E-state index in [-0.39, 0.29) is 36.0 Å². The minimum Gasteiger partial charge on any atom is -0.497 e. The summed E-state index contributed by atoms with van der Waals surface area (Å²) in [6.45, 7) is 4.82. The van der Waals surface area contributed by atoms with E-state index in [0.717, 1.165) is 29.9 Å². The van der Waals surface area contributed by atoms with Crippen LogP contribution in [0.1, 0.15) is 45.1 Å². The minimum absolute atomic E-state index is 0. The lowest BCUT2D eigenvalue weighted by molar-refractivity contribution is -0.128. The predicted molar refractivity (Wildman–Crippen MR) is 127 cm³/mol. The van der Waals surface area contributed by atoms with E-state index in [1.54, 1.807) is 21.2 Å². The van der Waals surface area contributed by atoms with Crippen LogP contribution in [-0.2, 0) is 11.3 Å². The van der Waals surface area contributed by atoms with Crippen molar-refractivity contribution in [2.45, 2.75) is 52.2 Å². The Morgan fingerprint density at radius 3 is 2.52 bits per heavy atom. The van der Waals surface area contributed by atoms with E-state index in [0.29, 0.717) is 19.0 Å². The number of ether oxygens (including phenoxy) is 2. The molecule has 3 N–H and O–H groups in total. The van der Waals surface area contributed by atoms with Gasteiger partial charge >= 0.3 is 0 Å². The molecule has 0 atom stereocenters. The highest BCUT2D eigenvalue weighted by Gasteiger charge is 2.26. The van der Waals surface area contributed by atoms with Crippen molar-refractivity contribution in [3.05, 3.63) is 23.8 Å². The third kappa shape index (κ3) is 7.56. The molecule has 0 spiro atoms. The van der Waals surface area contributed by atoms with Crippen LogP contribution in [0.5, 0.6) is 11.5 Å². The van der Waals surface area contributed by atoms with Crippen molar-refractivity contribution < 1.29 is 14.3 Å². The van der Waals surface area contributed by atoms with Crippen molar-refractivity contribution in [3.63, 3.8) is 0 Å². The Bertz CT molecular complexity index is 689. The molecular weight excluding hydrogens is 483 g/mol. The second-order valence-electron chi connectivity index (χ2n) is 7.74. The molecule has 1 aliphatic carbocycles. The van der Waals surface area contributed by atoms with Crippen LogP contribution >= 0.6 is 24.0 Å². The summed E-state index contributed by atoms with van der Waals surface area (Å²) in [5.74, 6) is 2.25. The number of carbonyl (C=O) groups is 1. The lowest BCUT2D eigenvalue weighted by atomic mass is 9.92. The summed E-state index contributed by atoms with van der Waals surface area (Å²) in [6.07, 6.45) is 4.92. The van der Waals surface area contributed by atoms with Gasteiger partial charge < -0.3 is 25.4 Å². The van der Waals surface area contributed by atoms with Crippen LogP contribution in [-0.4, -0.2) is 45.7 Å². The van der Waals surface area contributed by atoms with Crippen molar-refractivity contribution >= 4 is 35.8 Å². The van der Waals surface area contributed by atoms with E-state index >= 15 is 0 Å². The van der Waals surface area contributed by atoms with Crippen molar-refractivity contribution in [2.24, 2.45) is 10.4 Å². The van der Waals surface area contributed by atoms with Gasteiger partial charge in [-0.1, -0.05) is 0 Å². The Hall–Kier alpha value is -1.71. The molecule has 0 unspecified atom stereocenters. The van der Waals surface area contributed by atoms with Crippen LogP contribution in [0.25, 0.3) is 0 Å². The Morgan fingerprint density at radius 1 is 1.24 bits per heavy atom. The Kier molecular flexibility index (Phi) is 10.6. The van der Waals surface area contributed by atoms with Gasteiger partial charge in [-0.25, -0.2) is 0 Å². The zero-order chi connectivity index (χ0) is 20.6. The van der Waals surface area contributed by atoms with Gasteiger partial charge in [0.15, 0.2) is 5.96 Å². The lowest BCUT2D eigenvalue weighted by Crippen LogP contribution is -2.47. The number of rotatable bonds is 8. The Balaban J connectivity index is 0.00000420. The van der Waals surface area contributed by atoms with E-state index in [9.17, 15) is 4.79 Å². The fourth-order valence-corrected chi connectivity index (χ4v) is 3.23. The SMILES string of the molecule is CN=C(NCc1ccc(OC)cc1OC1CCCC1)NCC(C)(C)C(=O)NC.I. The van der Waals surface area contributed by atoms with E-state index in [2.05, 4.69) is 20.9 Å². The molecule has 0 radical (unpaired) electrons. The summed E-state index contributed by atoms with van der Waals surface area (Å²) in [7, 11) is 5.02. The van der Waals surface area contributed by atoms with Crippen molar-refractivity contribution in [1.29, 1.82) is 0 Å². The first-order chi connectivity index (χ1) is 13.4. The van der Waals surface area contributed by atoms with Crippen LogP contribution in [0.2, 0.25) is 0 Å². The molecule has 0 aliphatic heterocycles. The van der Waals surface area contributed by atoms with Gasteiger partial charge in [0.2, 0.25) is 5.91 Å². The van der Waals surface area contributed by atoms with Crippen LogP contribution < -0.4 is 25.4 Å². The fraction of sp³-hybridized carbons (Fsp3) is 0.619. The smallest absolute Gasteiger partial charge is 0.227 e. The monoisotopic (exact) mass is 518 g/mol. The fourth-order valence-electron chi connectivity index (χ4n) is 3.23. The number of nitrogens with zero attached hydrogens (tertiary/aromatic N) is 1. The van der Waals surface area contributed by atoms with Gasteiger partial charge in [0.05, 0.1) is 18.6 Å². The summed E-state index contributed by atoms with van der Waals surface area (Å²) in [5, 5.41) is 9.22. The van der Waals surface area contributed by atoms with Gasteiger partial charge in [-0.2, -0.15) is 0 Å². The van der Waals surface area contributed by atoms with Gasteiger partial charge in [-0.15, -0.1) is 24.0 Å². The summed E-state index contributed by atoms with van der Waals surface area (Å²) < 4.78 is 11.6. The normalized spacial score (nSPS) is 14.7. The molecule has 0 aromatic heterocycles. The maximum absolute atomic E-state index is 11.9. The maximum Gasteiger partial charge on any atom is 0.227 e. The van der Waals surface area contributed by atoms with Gasteiger partial charge in [0.1, 0.15) is 11.5 Å². The number of aliphatic imine (C=N–C) groups is 1. The van der Waals surface area contributed by atoms with Crippen molar-refractivity contribution in [2.75, 3.05) is 27.7 Å². The number of carbonyl (C=O) groups excluding carboxylic acids is 1. The Labute approximate surface area is 191 Å². The predicted octanol–water partition coefficient (Wildman–Crippen LogP) is 3.07. The molecule has 1 saturated carbocycles. The second-order valence-corrected chi connectivity index (χ2v) is 7.74. The van der Waals surface area contributed by atoms with Gasteiger partial charge in [0.25, 0.3) is 0 Å². The first kappa shape index (κ1) is 25.3. The van der Waals surface area contributed by atoms with E-state index in [1.807, 2.05) is 32.0 Å². The average Bonchev–Trinajstić information content (AvgIpc) is 3.21. The first-order valence-electron chi connectivity index (χ1n) is 9.90. The molecule has 0 heterocycles. The number of benzene rings is 1. The average molecular weight is 518 g/mol. The Morgan fingerprint density at radius 2 is 1.93 bits per heavy atom. The summed E-state index contributed by atoms with van der Waals surface area (Å²) in [5.41, 5.74) is 0.504. The molecule has 7 nitrogen and oxygen atoms in total. The van der Waals surface area contributed by atoms with Crippen LogP contribution in [0, 0.1) is 5.41 Å². The summed E-state index contributed by atoms with van der Waals surface area (Å²) >= 11 is 0. The number of guanidine groups is 1. The first-order valence-corrected chi connectivity index (χ1v) is 9.90. The number of hydrogen-bond donors (Lipinski definition) is 3. The molecule has 1 amide bonds. The second kappa shape index (κ2) is 12.1. The largest absolute Gasteiger partial charge is 0.497 e. The molecule has 8 heteroatoms. The maximum atomic E-state index is 11.9. The molecule has 1 aromatic rings. The van der Waals surface area contributed by atoms with Gasteiger partial charge in [0, 0.05) is 38.8 Å². The highest BCUT2D eigenvalue weighted by molar-refractivity contribution is 14.0. The molecular formula is C21H35IN4O3. The van der Waals surface area contributed by atoms with Crippen molar-refractivity contribution in [3.8, 4) is 11.5 Å². The third-order valence-corrected chi connectivity index (χ3v) is 5.08. The number of methoxy groups -OCH3 is 1. The highest BCUT2D eigenvalue weighted by Crippen LogP contribution is 2.30. The molecule has 1 aromatic carbocycles. The summed E-state index contributed by atoms with van der Waals surface area (Å²) in [4.78, 5) is 16.2. The minimum atomic E-state index is -0.538. The standard InChI is InChI=1S/C21H34N4O3.HI/c1-21(2,19(26)22-3)14-25-20(23-4)24-13-15-10-11-17(27-5)12-18(15)28-16-8-6-7-9-16;/h10-12,16H,6-9,13-14H2,1-5H3,(H,22,26)(H2,23,24,25);1H. The number of nitrogens with one attached hydrogen (secondary N) is 3. The van der Waals surface area contributed by atoms with Gasteiger partial charge in [-0.05, 0) is 51.7 Å². The molecule has 164 valence electrons. The highest BCUT2D eigenvalue weighted by atomic mass is 127. The summed E-state index contributed by atoms with van der Waals surface area (Å²) in [6, 6.07) is 5.89. The quantitative estimate of drug-likeness (QED) is 0.280. The lowest BCUT2D eigenvalue weighted by Gasteiger charge is -2.24. The van der Waals surface area contributed by atoms with Gasteiger partial charge in [-0.3, -0.25) is 9.79 Å². The zero-order valence-corrected chi connectivity index (χ0v) is 20.5. The number of halogens is 1. The van der Waals surface area contributed by atoms with E-state index in [1.165, 1.54) is 12.8 Å². The molecule has 29 heavy (non-hydrogen) atoms.